The smallest absolute Gasteiger partial charge is 0.326 e. The molecule has 1 N–H and O–H groups in total. The Bertz CT molecular complexity index is 702. The van der Waals surface area contributed by atoms with Gasteiger partial charge in [-0.05, 0) is 30.2 Å². The van der Waals surface area contributed by atoms with Crippen molar-refractivity contribution in [3.63, 3.8) is 0 Å². The Balaban J connectivity index is 1.58. The molecule has 1 aromatic heterocycles. The largest absolute Gasteiger partial charge is 0.456 e. The molecule has 1 saturated heterocycles. The minimum Gasteiger partial charge on any atom is -0.456 e. The first-order valence-corrected chi connectivity index (χ1v) is 9.18. The van der Waals surface area contributed by atoms with Crippen molar-refractivity contribution in [2.24, 2.45) is 5.92 Å². The quantitative estimate of drug-likeness (QED) is 0.490. The fourth-order valence-electron chi connectivity index (χ4n) is 3.47. The molecule has 0 radical (unpaired) electrons. The summed E-state index contributed by atoms with van der Waals surface area (Å²) in [6.45, 7) is 1.07. The van der Waals surface area contributed by atoms with Crippen molar-refractivity contribution < 1.29 is 23.9 Å². The second-order valence-corrected chi connectivity index (χ2v) is 7.45. The van der Waals surface area contributed by atoms with Crippen molar-refractivity contribution in [1.82, 2.24) is 10.2 Å². The van der Waals surface area contributed by atoms with Crippen LogP contribution in [0.15, 0.2) is 17.5 Å². The summed E-state index contributed by atoms with van der Waals surface area (Å²) in [6, 6.07) is 2.81. The van der Waals surface area contributed by atoms with Crippen LogP contribution in [0, 0.1) is 5.92 Å². The third kappa shape index (κ3) is 3.30. The number of carbonyl (C=O) groups is 4. The standard InChI is InChI=1S/C17H20N2O5S/c1-11-5-2-3-7-17(11)15(22)19(16(23)18-17)9-14(21)24-10-12(20)13-6-4-8-25-13/h4,6,8,11H,2-3,5,7,9-10H2,1H3,(H,18,23)/t11-,17-/m0/s1. The van der Waals surface area contributed by atoms with Crippen molar-refractivity contribution in [2.45, 2.75) is 38.1 Å². The van der Waals surface area contributed by atoms with Crippen molar-refractivity contribution in [2.75, 3.05) is 13.2 Å². The number of ether oxygens (including phenoxy) is 1. The highest BCUT2D eigenvalue weighted by molar-refractivity contribution is 7.12. The predicted octanol–water partition coefficient (Wildman–Crippen LogP) is 1.97. The van der Waals surface area contributed by atoms with Gasteiger partial charge in [0.15, 0.2) is 6.61 Å². The average molecular weight is 364 g/mol. The Morgan fingerprint density at radius 1 is 1.40 bits per heavy atom. The molecule has 25 heavy (non-hydrogen) atoms. The third-order valence-electron chi connectivity index (χ3n) is 4.95. The Hall–Kier alpha value is -2.22. The van der Waals surface area contributed by atoms with Gasteiger partial charge >= 0.3 is 12.0 Å². The zero-order chi connectivity index (χ0) is 18.0. The summed E-state index contributed by atoms with van der Waals surface area (Å²) in [7, 11) is 0. The van der Waals surface area contributed by atoms with Crippen LogP contribution in [0.1, 0.15) is 42.3 Å². The molecule has 2 heterocycles. The molecule has 1 spiro atoms. The lowest BCUT2D eigenvalue weighted by molar-refractivity contribution is -0.147. The van der Waals surface area contributed by atoms with E-state index in [1.165, 1.54) is 11.3 Å². The van der Waals surface area contributed by atoms with Crippen molar-refractivity contribution in [1.29, 1.82) is 0 Å². The number of rotatable bonds is 5. The second-order valence-electron chi connectivity index (χ2n) is 6.50. The number of esters is 1. The van der Waals surface area contributed by atoms with Gasteiger partial charge < -0.3 is 10.1 Å². The Labute approximate surface area is 149 Å². The number of amides is 3. The van der Waals surface area contributed by atoms with Crippen LogP contribution in [0.4, 0.5) is 4.79 Å². The minimum atomic E-state index is -0.900. The molecule has 0 bridgehead atoms. The van der Waals surface area contributed by atoms with Crippen LogP contribution in [0.5, 0.6) is 0 Å². The van der Waals surface area contributed by atoms with Crippen LogP contribution in [-0.4, -0.2) is 47.3 Å². The van der Waals surface area contributed by atoms with Gasteiger partial charge in [0, 0.05) is 0 Å². The number of hydrogen-bond acceptors (Lipinski definition) is 6. The summed E-state index contributed by atoms with van der Waals surface area (Å²) < 4.78 is 4.93. The number of urea groups is 1. The first kappa shape index (κ1) is 17.6. The van der Waals surface area contributed by atoms with Crippen LogP contribution < -0.4 is 5.32 Å². The molecule has 1 aliphatic carbocycles. The molecule has 7 nitrogen and oxygen atoms in total. The SMILES string of the molecule is C[C@H]1CCCC[C@]12NC(=O)N(CC(=O)OCC(=O)c1cccs1)C2=O. The lowest BCUT2D eigenvalue weighted by Gasteiger charge is -2.36. The van der Waals surface area contributed by atoms with Crippen LogP contribution >= 0.6 is 11.3 Å². The number of nitrogens with one attached hydrogen (secondary N) is 1. The zero-order valence-corrected chi connectivity index (χ0v) is 14.8. The lowest BCUT2D eigenvalue weighted by Crippen LogP contribution is -2.54. The fraction of sp³-hybridized carbons (Fsp3) is 0.529. The highest BCUT2D eigenvalue weighted by Crippen LogP contribution is 2.38. The number of Topliss-reactive ketones (excluding diaryl/α,β-unsaturated/α-hetero) is 1. The second kappa shape index (κ2) is 6.95. The summed E-state index contributed by atoms with van der Waals surface area (Å²) in [5.74, 6) is -1.42. The van der Waals surface area contributed by atoms with Crippen LogP contribution in [-0.2, 0) is 14.3 Å². The third-order valence-corrected chi connectivity index (χ3v) is 5.86. The highest BCUT2D eigenvalue weighted by atomic mass is 32.1. The van der Waals surface area contributed by atoms with E-state index >= 15 is 0 Å². The molecule has 3 amide bonds. The van der Waals surface area contributed by atoms with E-state index in [0.717, 1.165) is 24.2 Å². The molecule has 1 aromatic rings. The van der Waals surface area contributed by atoms with Crippen molar-refractivity contribution >= 4 is 35.0 Å². The molecule has 2 fully saturated rings. The highest BCUT2D eigenvalue weighted by Gasteiger charge is 2.55. The van der Waals surface area contributed by atoms with Gasteiger partial charge in [-0.1, -0.05) is 25.8 Å². The molecular formula is C17H20N2O5S. The maximum atomic E-state index is 12.7. The maximum Gasteiger partial charge on any atom is 0.326 e. The normalized spacial score (nSPS) is 26.0. The zero-order valence-electron chi connectivity index (χ0n) is 13.9. The molecule has 1 saturated carbocycles. The van der Waals surface area contributed by atoms with Crippen LogP contribution in [0.25, 0.3) is 0 Å². The average Bonchev–Trinajstić information content (AvgIpc) is 3.20. The number of thiophene rings is 1. The van der Waals surface area contributed by atoms with Gasteiger partial charge in [0.25, 0.3) is 5.91 Å². The van der Waals surface area contributed by atoms with Crippen molar-refractivity contribution in [3.8, 4) is 0 Å². The Kier molecular flexibility index (Phi) is 4.89. The molecule has 2 aliphatic rings. The van der Waals surface area contributed by atoms with Crippen molar-refractivity contribution in [3.05, 3.63) is 22.4 Å². The van der Waals surface area contributed by atoms with Gasteiger partial charge in [0.05, 0.1) is 4.88 Å². The summed E-state index contributed by atoms with van der Waals surface area (Å²) in [6.07, 6.45) is 3.34. The lowest BCUT2D eigenvalue weighted by atomic mass is 9.73. The van der Waals surface area contributed by atoms with E-state index < -0.39 is 30.7 Å². The molecule has 8 heteroatoms. The summed E-state index contributed by atoms with van der Waals surface area (Å²) in [4.78, 5) is 50.1. The number of imide groups is 1. The molecule has 134 valence electrons. The summed E-state index contributed by atoms with van der Waals surface area (Å²) >= 11 is 1.26. The van der Waals surface area contributed by atoms with Gasteiger partial charge in [0.2, 0.25) is 5.78 Å². The van der Waals surface area contributed by atoms with Crippen LogP contribution in [0.2, 0.25) is 0 Å². The minimum absolute atomic E-state index is 0.0270. The number of carbonyl (C=O) groups excluding carboxylic acids is 4. The molecular weight excluding hydrogens is 344 g/mol. The van der Waals surface area contributed by atoms with E-state index in [-0.39, 0.29) is 17.6 Å². The van der Waals surface area contributed by atoms with Gasteiger partial charge in [-0.25, -0.2) is 4.79 Å². The van der Waals surface area contributed by atoms with E-state index in [0.29, 0.717) is 11.3 Å². The summed E-state index contributed by atoms with van der Waals surface area (Å²) in [5.41, 5.74) is -0.900. The van der Waals surface area contributed by atoms with Gasteiger partial charge in [-0.15, -0.1) is 11.3 Å². The molecule has 1 aliphatic heterocycles. The van der Waals surface area contributed by atoms with Gasteiger partial charge in [-0.2, -0.15) is 0 Å². The van der Waals surface area contributed by atoms with Gasteiger partial charge in [-0.3, -0.25) is 19.3 Å². The number of ketones is 1. The first-order chi connectivity index (χ1) is 11.9. The molecule has 0 unspecified atom stereocenters. The number of hydrogen-bond donors (Lipinski definition) is 1. The van der Waals surface area contributed by atoms with Gasteiger partial charge in [0.1, 0.15) is 12.1 Å². The van der Waals surface area contributed by atoms with Crippen LogP contribution in [0.3, 0.4) is 0 Å². The first-order valence-electron chi connectivity index (χ1n) is 8.30. The summed E-state index contributed by atoms with van der Waals surface area (Å²) in [5, 5.41) is 4.53. The predicted molar refractivity (Wildman–Crippen MR) is 90.2 cm³/mol. The van der Waals surface area contributed by atoms with E-state index in [9.17, 15) is 19.2 Å². The topological polar surface area (TPSA) is 92.8 Å². The van der Waals surface area contributed by atoms with E-state index in [1.807, 2.05) is 6.92 Å². The Morgan fingerprint density at radius 2 is 2.20 bits per heavy atom. The monoisotopic (exact) mass is 364 g/mol. The molecule has 2 atom stereocenters. The van der Waals surface area contributed by atoms with E-state index in [1.54, 1.807) is 17.5 Å². The Morgan fingerprint density at radius 3 is 2.88 bits per heavy atom. The maximum absolute atomic E-state index is 12.7. The van der Waals surface area contributed by atoms with E-state index in [4.69, 9.17) is 4.74 Å². The molecule has 3 rings (SSSR count). The fourth-order valence-corrected chi connectivity index (χ4v) is 4.12. The molecule has 0 aromatic carbocycles. The number of nitrogens with zero attached hydrogens (tertiary/aromatic N) is 1. The van der Waals surface area contributed by atoms with E-state index in [2.05, 4.69) is 5.32 Å².